The molecule has 1 fully saturated rings. The van der Waals surface area contributed by atoms with Crippen molar-refractivity contribution in [2.24, 2.45) is 0 Å². The molecule has 0 bridgehead atoms. The van der Waals surface area contributed by atoms with Crippen LogP contribution in [0.25, 0.3) is 10.8 Å². The van der Waals surface area contributed by atoms with Gasteiger partial charge >= 0.3 is 0 Å². The van der Waals surface area contributed by atoms with Crippen LogP contribution in [0.2, 0.25) is 0 Å². The first kappa shape index (κ1) is 22.0. The van der Waals surface area contributed by atoms with E-state index in [-0.39, 0.29) is 11.9 Å². The van der Waals surface area contributed by atoms with E-state index in [1.165, 1.54) is 43.5 Å². The van der Waals surface area contributed by atoms with Crippen LogP contribution in [0, 0.1) is 0 Å². The molecule has 35 heavy (non-hydrogen) atoms. The number of hydrogen-bond donors (Lipinski definition) is 1. The molecule has 1 unspecified atom stereocenters. The predicted octanol–water partition coefficient (Wildman–Crippen LogP) is 6.48. The Bertz CT molecular complexity index is 1330. The van der Waals surface area contributed by atoms with Gasteiger partial charge in [0.15, 0.2) is 0 Å². The molecule has 1 N–H and O–H groups in total. The molecule has 2 heterocycles. The third-order valence-electron chi connectivity index (χ3n) is 7.30. The van der Waals surface area contributed by atoms with Gasteiger partial charge in [0.1, 0.15) is 30.0 Å². The molecule has 2 aliphatic rings. The lowest BCUT2D eigenvalue weighted by atomic mass is 9.89. The minimum Gasteiger partial charge on any atom is -0.508 e. The molecule has 0 radical (unpaired) electrons. The van der Waals surface area contributed by atoms with Crippen LogP contribution >= 0.6 is 0 Å². The summed E-state index contributed by atoms with van der Waals surface area (Å²) < 4.78 is 12.8. The van der Waals surface area contributed by atoms with Gasteiger partial charge in [0.25, 0.3) is 0 Å². The van der Waals surface area contributed by atoms with Gasteiger partial charge in [-0.15, -0.1) is 0 Å². The van der Waals surface area contributed by atoms with Gasteiger partial charge < -0.3 is 14.6 Å². The molecule has 2 aliphatic heterocycles. The predicted molar refractivity (Wildman–Crippen MR) is 140 cm³/mol. The van der Waals surface area contributed by atoms with Gasteiger partial charge in [-0.2, -0.15) is 0 Å². The number of rotatable bonds is 5. The molecule has 0 saturated carbocycles. The highest BCUT2D eigenvalue weighted by molar-refractivity contribution is 5.89. The lowest BCUT2D eigenvalue weighted by Crippen LogP contribution is -2.33. The summed E-state index contributed by atoms with van der Waals surface area (Å²) in [5.41, 5.74) is 4.69. The van der Waals surface area contributed by atoms with Crippen molar-refractivity contribution in [2.45, 2.75) is 31.8 Å². The number of aromatic hydroxyl groups is 1. The smallest absolute Gasteiger partial charge is 0.150 e. The second-order valence-corrected chi connectivity index (χ2v) is 9.65. The van der Waals surface area contributed by atoms with Crippen LogP contribution < -0.4 is 9.47 Å². The average Bonchev–Trinajstić information content (AvgIpc) is 3.06. The van der Waals surface area contributed by atoms with Crippen molar-refractivity contribution in [3.63, 3.8) is 0 Å². The van der Waals surface area contributed by atoms with E-state index in [4.69, 9.17) is 9.47 Å². The minimum atomic E-state index is -0.246. The molecule has 178 valence electrons. The van der Waals surface area contributed by atoms with Crippen LogP contribution in [0.3, 0.4) is 0 Å². The first-order valence-corrected chi connectivity index (χ1v) is 12.7. The monoisotopic (exact) mass is 465 g/mol. The molecular formula is C31H31NO3. The minimum absolute atomic E-state index is 0.246. The summed E-state index contributed by atoms with van der Waals surface area (Å²) in [5.74, 6) is 2.09. The zero-order valence-corrected chi connectivity index (χ0v) is 20.0. The summed E-state index contributed by atoms with van der Waals surface area (Å²) in [5, 5.41) is 12.2. The van der Waals surface area contributed by atoms with Crippen LogP contribution in [0.4, 0.5) is 0 Å². The third kappa shape index (κ3) is 4.59. The number of ether oxygens (including phenoxy) is 2. The van der Waals surface area contributed by atoms with Crippen molar-refractivity contribution in [1.82, 2.24) is 4.90 Å². The quantitative estimate of drug-likeness (QED) is 0.366. The Hall–Kier alpha value is -3.50. The van der Waals surface area contributed by atoms with Gasteiger partial charge in [-0.3, -0.25) is 4.90 Å². The molecule has 0 aromatic heterocycles. The Labute approximate surface area is 206 Å². The Kier molecular flexibility index (Phi) is 6.05. The Morgan fingerprint density at radius 3 is 2.54 bits per heavy atom. The van der Waals surface area contributed by atoms with E-state index in [0.29, 0.717) is 6.61 Å². The summed E-state index contributed by atoms with van der Waals surface area (Å²) in [6, 6.07) is 26.5. The SMILES string of the molecule is Oc1ccc2c3c(ccc2c1)Cc1ccccc1OC3c1ccc(OCCN2CCCCC2)cc1. The number of fused-ring (bicyclic) bond motifs is 4. The number of likely N-dealkylation sites (tertiary alicyclic amines) is 1. The van der Waals surface area contributed by atoms with E-state index in [2.05, 4.69) is 59.5 Å². The standard InChI is InChI=1S/C31H31NO3/c33-26-12-15-28-23(21-26)8-9-25-20-24-6-2-3-7-29(24)35-31(30(25)28)22-10-13-27(14-11-22)34-19-18-32-16-4-1-5-17-32/h2-3,6-15,21,31,33H,1,4-5,16-20H2. The number of piperidine rings is 1. The lowest BCUT2D eigenvalue weighted by Gasteiger charge is -2.26. The van der Waals surface area contributed by atoms with Crippen LogP contribution in [0.15, 0.2) is 78.9 Å². The molecule has 0 spiro atoms. The molecule has 4 heteroatoms. The Morgan fingerprint density at radius 2 is 1.69 bits per heavy atom. The zero-order valence-electron chi connectivity index (χ0n) is 20.0. The molecule has 1 saturated heterocycles. The number of benzene rings is 4. The van der Waals surface area contributed by atoms with Gasteiger partial charge in [-0.05, 0) is 83.7 Å². The summed E-state index contributed by atoms with van der Waals surface area (Å²) in [6.07, 6.45) is 4.52. The van der Waals surface area contributed by atoms with E-state index in [1.807, 2.05) is 18.2 Å². The summed E-state index contributed by atoms with van der Waals surface area (Å²) in [4.78, 5) is 2.49. The summed E-state index contributed by atoms with van der Waals surface area (Å²) in [7, 11) is 0. The highest BCUT2D eigenvalue weighted by atomic mass is 16.5. The van der Waals surface area contributed by atoms with E-state index in [0.717, 1.165) is 46.4 Å². The number of phenolic OH excluding ortho intramolecular Hbond substituents is 1. The van der Waals surface area contributed by atoms with Crippen molar-refractivity contribution in [2.75, 3.05) is 26.2 Å². The van der Waals surface area contributed by atoms with Crippen molar-refractivity contribution < 1.29 is 14.6 Å². The molecule has 4 aromatic rings. The van der Waals surface area contributed by atoms with Crippen LogP contribution in [0.5, 0.6) is 17.2 Å². The molecule has 6 rings (SSSR count). The molecule has 0 amide bonds. The second-order valence-electron chi connectivity index (χ2n) is 9.65. The number of nitrogens with zero attached hydrogens (tertiary/aromatic N) is 1. The van der Waals surface area contributed by atoms with E-state index < -0.39 is 0 Å². The Morgan fingerprint density at radius 1 is 0.857 bits per heavy atom. The highest BCUT2D eigenvalue weighted by Gasteiger charge is 2.27. The van der Waals surface area contributed by atoms with Gasteiger partial charge in [0.2, 0.25) is 0 Å². The largest absolute Gasteiger partial charge is 0.508 e. The van der Waals surface area contributed by atoms with Crippen molar-refractivity contribution >= 4 is 10.8 Å². The van der Waals surface area contributed by atoms with Gasteiger partial charge in [0, 0.05) is 18.5 Å². The van der Waals surface area contributed by atoms with Crippen molar-refractivity contribution in [3.8, 4) is 17.2 Å². The zero-order chi connectivity index (χ0) is 23.6. The average molecular weight is 466 g/mol. The van der Waals surface area contributed by atoms with Crippen LogP contribution in [0.1, 0.15) is 47.6 Å². The summed E-state index contributed by atoms with van der Waals surface area (Å²) in [6.45, 7) is 4.07. The maximum atomic E-state index is 10.1. The summed E-state index contributed by atoms with van der Waals surface area (Å²) >= 11 is 0. The first-order valence-electron chi connectivity index (χ1n) is 12.7. The normalized spacial score (nSPS) is 17.8. The van der Waals surface area contributed by atoms with Crippen molar-refractivity contribution in [1.29, 1.82) is 0 Å². The number of phenols is 1. The van der Waals surface area contributed by atoms with E-state index >= 15 is 0 Å². The van der Waals surface area contributed by atoms with Gasteiger partial charge in [-0.1, -0.05) is 55.0 Å². The van der Waals surface area contributed by atoms with Gasteiger partial charge in [0.05, 0.1) is 0 Å². The molecular weight excluding hydrogens is 434 g/mol. The highest BCUT2D eigenvalue weighted by Crippen LogP contribution is 2.41. The van der Waals surface area contributed by atoms with Crippen LogP contribution in [-0.2, 0) is 6.42 Å². The topological polar surface area (TPSA) is 41.9 Å². The first-order chi connectivity index (χ1) is 17.2. The number of para-hydroxylation sites is 1. The molecule has 4 nitrogen and oxygen atoms in total. The lowest BCUT2D eigenvalue weighted by molar-refractivity contribution is 0.183. The van der Waals surface area contributed by atoms with E-state index in [9.17, 15) is 5.11 Å². The fourth-order valence-electron chi connectivity index (χ4n) is 5.46. The van der Waals surface area contributed by atoms with Gasteiger partial charge in [-0.25, -0.2) is 0 Å². The number of hydrogen-bond acceptors (Lipinski definition) is 4. The fraction of sp³-hybridized carbons (Fsp3) is 0.290. The Balaban J connectivity index is 1.31. The fourth-order valence-corrected chi connectivity index (χ4v) is 5.46. The van der Waals surface area contributed by atoms with E-state index in [1.54, 1.807) is 6.07 Å². The van der Waals surface area contributed by atoms with Crippen LogP contribution in [-0.4, -0.2) is 36.2 Å². The second kappa shape index (κ2) is 9.63. The maximum absolute atomic E-state index is 10.1. The third-order valence-corrected chi connectivity index (χ3v) is 7.30. The maximum Gasteiger partial charge on any atom is 0.150 e. The molecule has 4 aromatic carbocycles. The molecule has 0 aliphatic carbocycles. The van der Waals surface area contributed by atoms with Crippen molar-refractivity contribution in [3.05, 3.63) is 101 Å². The molecule has 1 atom stereocenters.